The Bertz CT molecular complexity index is 566. The highest BCUT2D eigenvalue weighted by Gasteiger charge is 2.37. The summed E-state index contributed by atoms with van der Waals surface area (Å²) in [4.78, 5) is 2.38. The minimum absolute atomic E-state index is 0.0129. The summed E-state index contributed by atoms with van der Waals surface area (Å²) in [6.07, 6.45) is 4.47. The van der Waals surface area contributed by atoms with Crippen LogP contribution in [0.3, 0.4) is 0 Å². The fourth-order valence-electron chi connectivity index (χ4n) is 3.41. The van der Waals surface area contributed by atoms with Crippen molar-refractivity contribution in [1.82, 2.24) is 10.2 Å². The van der Waals surface area contributed by atoms with Crippen LogP contribution in [0.4, 0.5) is 0 Å². The van der Waals surface area contributed by atoms with E-state index in [4.69, 9.17) is 4.42 Å². The van der Waals surface area contributed by atoms with Crippen LogP contribution in [0.1, 0.15) is 31.1 Å². The molecule has 6 nitrogen and oxygen atoms in total. The first-order chi connectivity index (χ1) is 10.6. The van der Waals surface area contributed by atoms with E-state index in [1.165, 1.54) is 19.3 Å². The first kappa shape index (κ1) is 16.0. The zero-order valence-corrected chi connectivity index (χ0v) is 13.5. The fourth-order valence-corrected chi connectivity index (χ4v) is 5.18. The van der Waals surface area contributed by atoms with Crippen molar-refractivity contribution in [3.8, 4) is 0 Å². The van der Waals surface area contributed by atoms with Gasteiger partial charge in [0.2, 0.25) is 0 Å². The fraction of sp³-hybridized carbons (Fsp3) is 0.733. The number of likely N-dealkylation sites (tertiary alicyclic amines) is 1. The molecule has 3 atom stereocenters. The molecule has 3 rings (SSSR count). The van der Waals surface area contributed by atoms with E-state index in [1.807, 2.05) is 12.1 Å². The first-order valence-corrected chi connectivity index (χ1v) is 9.77. The molecule has 2 aliphatic rings. The maximum absolute atomic E-state index is 11.6. The predicted molar refractivity (Wildman–Crippen MR) is 83.3 cm³/mol. The Labute approximate surface area is 131 Å². The van der Waals surface area contributed by atoms with Crippen molar-refractivity contribution < 1.29 is 17.9 Å². The Morgan fingerprint density at radius 2 is 2.09 bits per heavy atom. The summed E-state index contributed by atoms with van der Waals surface area (Å²) in [7, 11) is -3.12. The molecular formula is C15H24N2O4S. The van der Waals surface area contributed by atoms with Crippen LogP contribution < -0.4 is 5.32 Å². The van der Waals surface area contributed by atoms with Crippen LogP contribution in [0.5, 0.6) is 0 Å². The Balaban J connectivity index is 1.65. The lowest BCUT2D eigenvalue weighted by Crippen LogP contribution is -2.45. The van der Waals surface area contributed by atoms with Gasteiger partial charge in [-0.15, -0.1) is 0 Å². The number of aliphatic hydroxyl groups excluding tert-OH is 1. The average Bonchev–Trinajstić information content (AvgIpc) is 3.09. The molecule has 124 valence electrons. The summed E-state index contributed by atoms with van der Waals surface area (Å²) in [5.74, 6) is 0.767. The number of furan rings is 1. The Hall–Kier alpha value is -0.890. The Morgan fingerprint density at radius 1 is 1.32 bits per heavy atom. The van der Waals surface area contributed by atoms with Gasteiger partial charge in [0.1, 0.15) is 5.76 Å². The van der Waals surface area contributed by atoms with Crippen molar-refractivity contribution in [2.75, 3.05) is 31.1 Å². The molecule has 22 heavy (non-hydrogen) atoms. The molecule has 0 aromatic carbocycles. The summed E-state index contributed by atoms with van der Waals surface area (Å²) in [6, 6.07) is 3.54. The van der Waals surface area contributed by atoms with Crippen LogP contribution >= 0.6 is 0 Å². The van der Waals surface area contributed by atoms with Gasteiger partial charge in [0.05, 0.1) is 29.9 Å². The molecule has 1 aromatic rings. The summed E-state index contributed by atoms with van der Waals surface area (Å²) in [5, 5.41) is 13.1. The lowest BCUT2D eigenvalue weighted by atomic mass is 10.1. The molecule has 0 spiro atoms. The number of hydrogen-bond acceptors (Lipinski definition) is 6. The van der Waals surface area contributed by atoms with E-state index >= 15 is 0 Å². The predicted octanol–water partition coefficient (Wildman–Crippen LogP) is 0.554. The molecule has 2 fully saturated rings. The molecule has 7 heteroatoms. The van der Waals surface area contributed by atoms with Crippen molar-refractivity contribution in [1.29, 1.82) is 0 Å². The van der Waals surface area contributed by atoms with Gasteiger partial charge in [-0.05, 0) is 38.1 Å². The second kappa shape index (κ2) is 6.70. The van der Waals surface area contributed by atoms with Crippen molar-refractivity contribution in [2.24, 2.45) is 0 Å². The van der Waals surface area contributed by atoms with Gasteiger partial charge in [-0.25, -0.2) is 8.42 Å². The van der Waals surface area contributed by atoms with Crippen molar-refractivity contribution >= 4 is 9.84 Å². The second-order valence-electron chi connectivity index (χ2n) is 6.29. The van der Waals surface area contributed by atoms with Gasteiger partial charge in [-0.1, -0.05) is 6.42 Å². The van der Waals surface area contributed by atoms with E-state index in [1.54, 1.807) is 6.26 Å². The Morgan fingerprint density at radius 3 is 2.68 bits per heavy atom. The van der Waals surface area contributed by atoms with E-state index in [0.717, 1.165) is 18.8 Å². The molecular weight excluding hydrogens is 304 g/mol. The number of piperidine rings is 1. The molecule has 0 aliphatic carbocycles. The normalized spacial score (nSPS) is 30.4. The monoisotopic (exact) mass is 328 g/mol. The summed E-state index contributed by atoms with van der Waals surface area (Å²) >= 11 is 0. The summed E-state index contributed by atoms with van der Waals surface area (Å²) in [5.41, 5.74) is 0. The maximum atomic E-state index is 11.6. The van der Waals surface area contributed by atoms with E-state index in [9.17, 15) is 13.5 Å². The first-order valence-electron chi connectivity index (χ1n) is 7.94. The van der Waals surface area contributed by atoms with Crippen LogP contribution in [-0.2, 0) is 9.84 Å². The molecule has 2 aliphatic heterocycles. The highest BCUT2D eigenvalue weighted by molar-refractivity contribution is 7.91. The highest BCUT2D eigenvalue weighted by Crippen LogP contribution is 2.25. The van der Waals surface area contributed by atoms with Gasteiger partial charge in [0.15, 0.2) is 9.84 Å². The standard InChI is InChI=1S/C15H24N2O4S/c18-14-11-22(19,20)10-12(14)16-9-13(15-5-4-8-21-15)17-6-2-1-3-7-17/h4-5,8,12-14,16,18H,1-3,6-7,9-11H2/t12-,13-,14+/m1/s1. The number of hydrogen-bond donors (Lipinski definition) is 2. The van der Waals surface area contributed by atoms with Crippen molar-refractivity contribution in [3.63, 3.8) is 0 Å². The average molecular weight is 328 g/mol. The molecule has 0 unspecified atom stereocenters. The number of nitrogens with one attached hydrogen (secondary N) is 1. The molecule has 1 aromatic heterocycles. The number of nitrogens with zero attached hydrogens (tertiary/aromatic N) is 1. The number of rotatable bonds is 5. The third kappa shape index (κ3) is 3.71. The van der Waals surface area contributed by atoms with E-state index < -0.39 is 15.9 Å². The smallest absolute Gasteiger partial charge is 0.154 e. The lowest BCUT2D eigenvalue weighted by molar-refractivity contribution is 0.124. The molecule has 2 N–H and O–H groups in total. The van der Waals surface area contributed by atoms with Gasteiger partial charge in [-0.3, -0.25) is 4.90 Å². The van der Waals surface area contributed by atoms with E-state index in [2.05, 4.69) is 10.2 Å². The second-order valence-corrected chi connectivity index (χ2v) is 8.44. The SMILES string of the molecule is O=S1(=O)C[C@H](O)[C@H](NC[C@H](c2ccco2)N2CCCCC2)C1. The summed E-state index contributed by atoms with van der Waals surface area (Å²) in [6.45, 7) is 2.64. The van der Waals surface area contributed by atoms with Crippen molar-refractivity contribution in [3.05, 3.63) is 24.2 Å². The third-order valence-electron chi connectivity index (χ3n) is 4.60. The molecule has 0 bridgehead atoms. The molecule has 0 amide bonds. The topological polar surface area (TPSA) is 82.8 Å². The minimum Gasteiger partial charge on any atom is -0.468 e. The van der Waals surface area contributed by atoms with Gasteiger partial charge >= 0.3 is 0 Å². The highest BCUT2D eigenvalue weighted by atomic mass is 32.2. The van der Waals surface area contributed by atoms with Crippen LogP contribution in [0.2, 0.25) is 0 Å². The third-order valence-corrected chi connectivity index (χ3v) is 6.32. The lowest BCUT2D eigenvalue weighted by Gasteiger charge is -2.34. The van der Waals surface area contributed by atoms with Crippen molar-refractivity contribution in [2.45, 2.75) is 37.5 Å². The van der Waals surface area contributed by atoms with Gasteiger partial charge in [0.25, 0.3) is 0 Å². The van der Waals surface area contributed by atoms with Crippen LogP contribution in [0, 0.1) is 0 Å². The minimum atomic E-state index is -3.12. The van der Waals surface area contributed by atoms with Crippen LogP contribution in [0.25, 0.3) is 0 Å². The molecule has 0 saturated carbocycles. The molecule has 2 saturated heterocycles. The van der Waals surface area contributed by atoms with Crippen LogP contribution in [0.15, 0.2) is 22.8 Å². The quantitative estimate of drug-likeness (QED) is 0.821. The van der Waals surface area contributed by atoms with Gasteiger partial charge in [-0.2, -0.15) is 0 Å². The van der Waals surface area contributed by atoms with E-state index in [-0.39, 0.29) is 23.6 Å². The number of aliphatic hydroxyl groups is 1. The maximum Gasteiger partial charge on any atom is 0.154 e. The zero-order chi connectivity index (χ0) is 15.6. The van der Waals surface area contributed by atoms with Gasteiger partial charge in [0, 0.05) is 12.6 Å². The number of sulfone groups is 1. The zero-order valence-electron chi connectivity index (χ0n) is 12.6. The molecule has 0 radical (unpaired) electrons. The Kier molecular flexibility index (Phi) is 4.87. The molecule has 3 heterocycles. The summed E-state index contributed by atoms with van der Waals surface area (Å²) < 4.78 is 28.8. The van der Waals surface area contributed by atoms with E-state index in [0.29, 0.717) is 6.54 Å². The van der Waals surface area contributed by atoms with Gasteiger partial charge < -0.3 is 14.8 Å². The largest absolute Gasteiger partial charge is 0.468 e. The van der Waals surface area contributed by atoms with Crippen LogP contribution in [-0.4, -0.2) is 61.7 Å².